The SMILES string of the molecule is Cn1nc(CC(=O)NCC(C)(C)c2cccc(C(F)(F)F)c2)c2ccccc2c1=O. The molecule has 3 rings (SSSR count). The summed E-state index contributed by atoms with van der Waals surface area (Å²) >= 11 is 0. The number of fused-ring (bicyclic) bond motifs is 1. The number of nitrogens with one attached hydrogen (secondary N) is 1. The largest absolute Gasteiger partial charge is 0.416 e. The molecule has 1 amide bonds. The zero-order valence-corrected chi connectivity index (χ0v) is 16.9. The topological polar surface area (TPSA) is 64.0 Å². The Balaban J connectivity index is 1.76. The summed E-state index contributed by atoms with van der Waals surface area (Å²) in [6, 6.07) is 12.0. The van der Waals surface area contributed by atoms with E-state index in [4.69, 9.17) is 0 Å². The highest BCUT2D eigenvalue weighted by Gasteiger charge is 2.32. The lowest BCUT2D eigenvalue weighted by atomic mass is 9.83. The predicted molar refractivity (Wildman–Crippen MR) is 108 cm³/mol. The number of carbonyl (C=O) groups excluding carboxylic acids is 1. The molecule has 0 saturated heterocycles. The summed E-state index contributed by atoms with van der Waals surface area (Å²) in [6.07, 6.45) is -4.47. The first-order valence-electron chi connectivity index (χ1n) is 9.38. The van der Waals surface area contributed by atoms with Crippen molar-refractivity contribution in [3.63, 3.8) is 0 Å². The molecule has 0 radical (unpaired) electrons. The average Bonchev–Trinajstić information content (AvgIpc) is 2.70. The van der Waals surface area contributed by atoms with Crippen molar-refractivity contribution in [2.45, 2.75) is 31.9 Å². The van der Waals surface area contributed by atoms with E-state index >= 15 is 0 Å². The maximum atomic E-state index is 13.0. The van der Waals surface area contributed by atoms with Gasteiger partial charge in [-0.3, -0.25) is 9.59 Å². The summed E-state index contributed by atoms with van der Waals surface area (Å²) in [6.45, 7) is 3.68. The van der Waals surface area contributed by atoms with Crippen LogP contribution in [0, 0.1) is 0 Å². The highest BCUT2D eigenvalue weighted by Crippen LogP contribution is 2.32. The zero-order valence-electron chi connectivity index (χ0n) is 16.9. The molecule has 158 valence electrons. The Labute approximate surface area is 171 Å². The molecule has 1 aromatic heterocycles. The van der Waals surface area contributed by atoms with Gasteiger partial charge in [-0.2, -0.15) is 18.3 Å². The second-order valence-electron chi connectivity index (χ2n) is 7.84. The first-order chi connectivity index (χ1) is 14.0. The van der Waals surface area contributed by atoms with Gasteiger partial charge in [0.15, 0.2) is 0 Å². The van der Waals surface area contributed by atoms with Crippen LogP contribution < -0.4 is 10.9 Å². The average molecular weight is 417 g/mol. The lowest BCUT2D eigenvalue weighted by Gasteiger charge is -2.26. The van der Waals surface area contributed by atoms with Gasteiger partial charge in [0.05, 0.1) is 23.1 Å². The van der Waals surface area contributed by atoms with Gasteiger partial charge < -0.3 is 5.32 Å². The Morgan fingerprint density at radius 1 is 1.03 bits per heavy atom. The number of hydrogen-bond donors (Lipinski definition) is 1. The fourth-order valence-corrected chi connectivity index (χ4v) is 3.26. The number of carbonyl (C=O) groups is 1. The Morgan fingerprint density at radius 2 is 1.67 bits per heavy atom. The van der Waals surface area contributed by atoms with Crippen molar-refractivity contribution in [1.29, 1.82) is 0 Å². The fourth-order valence-electron chi connectivity index (χ4n) is 3.26. The standard InChI is InChI=1S/C22H22F3N3O2/c1-21(2,14-7-6-8-15(11-14)22(23,24)25)13-26-19(29)12-18-16-9-4-5-10-17(16)20(30)28(3)27-18/h4-11H,12-13H2,1-3H3,(H,26,29). The van der Waals surface area contributed by atoms with Gasteiger partial charge in [0.2, 0.25) is 5.91 Å². The van der Waals surface area contributed by atoms with Gasteiger partial charge in [0, 0.05) is 24.4 Å². The van der Waals surface area contributed by atoms with E-state index in [-0.39, 0.29) is 24.4 Å². The molecule has 0 aliphatic heterocycles. The van der Waals surface area contributed by atoms with Gasteiger partial charge in [0.1, 0.15) is 0 Å². The van der Waals surface area contributed by atoms with Crippen LogP contribution in [0.3, 0.4) is 0 Å². The van der Waals surface area contributed by atoms with Gasteiger partial charge >= 0.3 is 6.18 Å². The lowest BCUT2D eigenvalue weighted by Crippen LogP contribution is -2.38. The lowest BCUT2D eigenvalue weighted by molar-refractivity contribution is -0.137. The van der Waals surface area contributed by atoms with E-state index in [1.165, 1.54) is 17.8 Å². The summed E-state index contributed by atoms with van der Waals surface area (Å²) in [7, 11) is 1.52. The number of nitrogens with zero attached hydrogens (tertiary/aromatic N) is 2. The Bertz CT molecular complexity index is 1150. The first kappa shape index (κ1) is 21.5. The minimum absolute atomic E-state index is 0.0483. The number of rotatable bonds is 5. The van der Waals surface area contributed by atoms with Crippen molar-refractivity contribution in [2.24, 2.45) is 7.05 Å². The van der Waals surface area contributed by atoms with Gasteiger partial charge in [-0.25, -0.2) is 4.68 Å². The van der Waals surface area contributed by atoms with Crippen LogP contribution in [0.15, 0.2) is 53.3 Å². The third-order valence-corrected chi connectivity index (χ3v) is 5.06. The molecular weight excluding hydrogens is 395 g/mol. The summed E-state index contributed by atoms with van der Waals surface area (Å²) in [5, 5.41) is 8.06. The number of hydrogen-bond acceptors (Lipinski definition) is 3. The van der Waals surface area contributed by atoms with Crippen LogP contribution in [-0.4, -0.2) is 22.2 Å². The number of halogens is 3. The molecule has 0 fully saturated rings. The quantitative estimate of drug-likeness (QED) is 0.690. The molecular formula is C22H22F3N3O2. The Kier molecular flexibility index (Phi) is 5.70. The number of benzene rings is 2. The maximum Gasteiger partial charge on any atom is 0.416 e. The summed E-state index contributed by atoms with van der Waals surface area (Å²) in [5.41, 5.74) is -0.748. The van der Waals surface area contributed by atoms with Crippen molar-refractivity contribution < 1.29 is 18.0 Å². The second-order valence-corrected chi connectivity index (χ2v) is 7.84. The molecule has 8 heteroatoms. The summed E-state index contributed by atoms with van der Waals surface area (Å²) < 4.78 is 40.2. The smallest absolute Gasteiger partial charge is 0.355 e. The highest BCUT2D eigenvalue weighted by molar-refractivity contribution is 5.88. The number of aryl methyl sites for hydroxylation is 1. The third-order valence-electron chi connectivity index (χ3n) is 5.06. The van der Waals surface area contributed by atoms with Crippen molar-refractivity contribution in [1.82, 2.24) is 15.1 Å². The van der Waals surface area contributed by atoms with E-state index in [0.717, 1.165) is 12.1 Å². The number of amides is 1. The minimum atomic E-state index is -4.43. The molecule has 0 aliphatic rings. The molecule has 30 heavy (non-hydrogen) atoms. The molecule has 2 aromatic carbocycles. The third kappa shape index (κ3) is 4.53. The van der Waals surface area contributed by atoms with Crippen molar-refractivity contribution in [2.75, 3.05) is 6.54 Å². The molecule has 0 bridgehead atoms. The fraction of sp³-hybridized carbons (Fsp3) is 0.318. The number of aromatic nitrogens is 2. The zero-order chi connectivity index (χ0) is 22.1. The van der Waals surface area contributed by atoms with Crippen LogP contribution in [0.5, 0.6) is 0 Å². The second kappa shape index (κ2) is 7.93. The van der Waals surface area contributed by atoms with Crippen LogP contribution in [0.25, 0.3) is 10.8 Å². The molecule has 0 atom stereocenters. The minimum Gasteiger partial charge on any atom is -0.355 e. The van der Waals surface area contributed by atoms with Crippen LogP contribution in [-0.2, 0) is 29.9 Å². The molecule has 1 N–H and O–H groups in total. The Morgan fingerprint density at radius 3 is 2.33 bits per heavy atom. The van der Waals surface area contributed by atoms with Gasteiger partial charge in [-0.05, 0) is 17.7 Å². The molecule has 1 heterocycles. The predicted octanol–water partition coefficient (Wildman–Crippen LogP) is 3.59. The molecule has 5 nitrogen and oxygen atoms in total. The molecule has 0 spiro atoms. The van der Waals surface area contributed by atoms with Crippen molar-refractivity contribution >= 4 is 16.7 Å². The number of alkyl halides is 3. The molecule has 3 aromatic rings. The molecule has 0 aliphatic carbocycles. The highest BCUT2D eigenvalue weighted by atomic mass is 19.4. The summed E-state index contributed by atoms with van der Waals surface area (Å²) in [4.78, 5) is 24.7. The van der Waals surface area contributed by atoms with Crippen LogP contribution in [0.1, 0.15) is 30.7 Å². The van der Waals surface area contributed by atoms with Crippen molar-refractivity contribution in [3.05, 3.63) is 75.7 Å². The van der Waals surface area contributed by atoms with E-state index in [1.54, 1.807) is 44.2 Å². The van der Waals surface area contributed by atoms with Gasteiger partial charge in [0.25, 0.3) is 5.56 Å². The van der Waals surface area contributed by atoms with Crippen LogP contribution in [0.4, 0.5) is 13.2 Å². The first-order valence-corrected chi connectivity index (χ1v) is 9.38. The molecule has 0 unspecified atom stereocenters. The van der Waals surface area contributed by atoms with Crippen molar-refractivity contribution in [3.8, 4) is 0 Å². The monoisotopic (exact) mass is 417 g/mol. The Hall–Kier alpha value is -3.16. The van der Waals surface area contributed by atoms with E-state index < -0.39 is 17.2 Å². The normalized spacial score (nSPS) is 12.2. The van der Waals surface area contributed by atoms with E-state index in [2.05, 4.69) is 10.4 Å². The van der Waals surface area contributed by atoms with E-state index in [0.29, 0.717) is 22.0 Å². The molecule has 0 saturated carbocycles. The maximum absolute atomic E-state index is 13.0. The van der Waals surface area contributed by atoms with E-state index in [1.807, 2.05) is 0 Å². The van der Waals surface area contributed by atoms with Gasteiger partial charge in [-0.1, -0.05) is 50.2 Å². The van der Waals surface area contributed by atoms with Crippen LogP contribution in [0.2, 0.25) is 0 Å². The van der Waals surface area contributed by atoms with Crippen LogP contribution >= 0.6 is 0 Å². The summed E-state index contributed by atoms with van der Waals surface area (Å²) in [5.74, 6) is -0.327. The van der Waals surface area contributed by atoms with Gasteiger partial charge in [-0.15, -0.1) is 0 Å². The van der Waals surface area contributed by atoms with E-state index in [9.17, 15) is 22.8 Å².